The maximum absolute atomic E-state index is 5.98. The van der Waals surface area contributed by atoms with E-state index >= 15 is 0 Å². The molecule has 0 saturated carbocycles. The van der Waals surface area contributed by atoms with Gasteiger partial charge in [-0.05, 0) is 70.7 Å². The highest BCUT2D eigenvalue weighted by Gasteiger charge is 2.13. The zero-order valence-corrected chi connectivity index (χ0v) is 15.0. The van der Waals surface area contributed by atoms with E-state index in [1.54, 1.807) is 0 Å². The number of nitrogens with one attached hydrogen (secondary N) is 1. The van der Waals surface area contributed by atoms with Gasteiger partial charge in [0, 0.05) is 10.5 Å². The molecule has 1 fully saturated rings. The van der Waals surface area contributed by atoms with Crippen LogP contribution in [0.25, 0.3) is 10.8 Å². The predicted molar refractivity (Wildman–Crippen MR) is 95.1 cm³/mol. The number of rotatable bonds is 4. The van der Waals surface area contributed by atoms with Gasteiger partial charge in [-0.25, -0.2) is 0 Å². The van der Waals surface area contributed by atoms with Crippen molar-refractivity contribution >= 4 is 42.6 Å². The minimum Gasteiger partial charge on any atom is -0.492 e. The molecule has 0 radical (unpaired) electrons. The Labute approximate surface area is 142 Å². The summed E-state index contributed by atoms with van der Waals surface area (Å²) in [4.78, 5) is 0. The first-order valence-electron chi connectivity index (χ1n) is 7.48. The molecular formula is C17H19Br2NO. The number of fused-ring (bicyclic) bond motifs is 1. The SMILES string of the molecule is Brc1ccc2c(Br)c(OCC[C@@H]3CCCCN3)ccc2c1. The van der Waals surface area contributed by atoms with Crippen LogP contribution in [0.3, 0.4) is 0 Å². The van der Waals surface area contributed by atoms with E-state index in [-0.39, 0.29) is 0 Å². The van der Waals surface area contributed by atoms with E-state index in [2.05, 4.69) is 61.4 Å². The van der Waals surface area contributed by atoms with E-state index in [1.165, 1.54) is 30.0 Å². The van der Waals surface area contributed by atoms with Crippen molar-refractivity contribution in [1.29, 1.82) is 0 Å². The van der Waals surface area contributed by atoms with Crippen molar-refractivity contribution in [2.75, 3.05) is 13.2 Å². The van der Waals surface area contributed by atoms with Crippen molar-refractivity contribution in [3.05, 3.63) is 39.3 Å². The van der Waals surface area contributed by atoms with Gasteiger partial charge in [0.1, 0.15) is 5.75 Å². The van der Waals surface area contributed by atoms with Gasteiger partial charge in [0.05, 0.1) is 11.1 Å². The fraction of sp³-hybridized carbons (Fsp3) is 0.412. The van der Waals surface area contributed by atoms with E-state index < -0.39 is 0 Å². The molecule has 112 valence electrons. The maximum Gasteiger partial charge on any atom is 0.134 e. The van der Waals surface area contributed by atoms with Crippen molar-refractivity contribution in [1.82, 2.24) is 5.32 Å². The second kappa shape index (κ2) is 7.12. The summed E-state index contributed by atoms with van der Waals surface area (Å²) in [5.41, 5.74) is 0. The number of hydrogen-bond donors (Lipinski definition) is 1. The van der Waals surface area contributed by atoms with Crippen molar-refractivity contribution in [3.8, 4) is 5.75 Å². The van der Waals surface area contributed by atoms with E-state index in [4.69, 9.17) is 4.74 Å². The average Bonchev–Trinajstić information content (AvgIpc) is 2.50. The van der Waals surface area contributed by atoms with Crippen LogP contribution >= 0.6 is 31.9 Å². The lowest BCUT2D eigenvalue weighted by molar-refractivity contribution is 0.267. The van der Waals surface area contributed by atoms with Gasteiger partial charge in [-0.3, -0.25) is 0 Å². The molecule has 1 aliphatic rings. The van der Waals surface area contributed by atoms with Gasteiger partial charge in [0.25, 0.3) is 0 Å². The Balaban J connectivity index is 1.66. The van der Waals surface area contributed by atoms with Crippen LogP contribution in [-0.2, 0) is 0 Å². The normalized spacial score (nSPS) is 18.9. The summed E-state index contributed by atoms with van der Waals surface area (Å²) >= 11 is 7.18. The molecule has 4 heteroatoms. The summed E-state index contributed by atoms with van der Waals surface area (Å²) < 4.78 is 8.12. The van der Waals surface area contributed by atoms with Crippen molar-refractivity contribution < 1.29 is 4.74 Å². The number of hydrogen-bond acceptors (Lipinski definition) is 2. The zero-order chi connectivity index (χ0) is 14.7. The molecule has 3 rings (SSSR count). The highest BCUT2D eigenvalue weighted by atomic mass is 79.9. The highest BCUT2D eigenvalue weighted by Crippen LogP contribution is 2.34. The summed E-state index contributed by atoms with van der Waals surface area (Å²) in [5.74, 6) is 0.931. The van der Waals surface area contributed by atoms with Crippen LogP contribution in [0.5, 0.6) is 5.75 Å². The summed E-state index contributed by atoms with van der Waals surface area (Å²) in [6, 6.07) is 11.1. The number of benzene rings is 2. The molecule has 0 aromatic heterocycles. The summed E-state index contributed by atoms with van der Waals surface area (Å²) in [6.07, 6.45) is 5.00. The van der Waals surface area contributed by atoms with Gasteiger partial charge >= 0.3 is 0 Å². The molecule has 1 N–H and O–H groups in total. The minimum atomic E-state index is 0.619. The lowest BCUT2D eigenvalue weighted by atomic mass is 10.0. The minimum absolute atomic E-state index is 0.619. The molecule has 1 heterocycles. The fourth-order valence-corrected chi connectivity index (χ4v) is 3.82. The number of halogens is 2. The number of piperidine rings is 1. The smallest absolute Gasteiger partial charge is 0.134 e. The molecule has 21 heavy (non-hydrogen) atoms. The van der Waals surface area contributed by atoms with Crippen LogP contribution in [-0.4, -0.2) is 19.2 Å². The van der Waals surface area contributed by atoms with E-state index in [0.717, 1.165) is 34.3 Å². The molecule has 1 aliphatic heterocycles. The monoisotopic (exact) mass is 411 g/mol. The molecule has 0 bridgehead atoms. The van der Waals surface area contributed by atoms with Crippen LogP contribution in [0.2, 0.25) is 0 Å². The topological polar surface area (TPSA) is 21.3 Å². The third-order valence-electron chi connectivity index (χ3n) is 4.02. The highest BCUT2D eigenvalue weighted by molar-refractivity contribution is 9.11. The molecule has 0 amide bonds. The largest absolute Gasteiger partial charge is 0.492 e. The third-order valence-corrected chi connectivity index (χ3v) is 5.33. The van der Waals surface area contributed by atoms with Gasteiger partial charge in [0.15, 0.2) is 0 Å². The van der Waals surface area contributed by atoms with Gasteiger partial charge < -0.3 is 10.1 Å². The maximum atomic E-state index is 5.98. The first-order valence-corrected chi connectivity index (χ1v) is 9.06. The van der Waals surface area contributed by atoms with Crippen LogP contribution in [0.4, 0.5) is 0 Å². The van der Waals surface area contributed by atoms with Crippen molar-refractivity contribution in [2.24, 2.45) is 0 Å². The molecule has 0 aliphatic carbocycles. The lowest BCUT2D eigenvalue weighted by Gasteiger charge is -2.23. The Kier molecular flexibility index (Phi) is 5.19. The third kappa shape index (κ3) is 3.79. The Morgan fingerprint density at radius 1 is 1.14 bits per heavy atom. The lowest BCUT2D eigenvalue weighted by Crippen LogP contribution is -2.35. The molecule has 1 atom stereocenters. The summed E-state index contributed by atoms with van der Waals surface area (Å²) in [5, 5.41) is 5.95. The second-order valence-corrected chi connectivity index (χ2v) is 7.24. The average molecular weight is 413 g/mol. The summed E-state index contributed by atoms with van der Waals surface area (Å²) in [7, 11) is 0. The van der Waals surface area contributed by atoms with Crippen LogP contribution in [0.15, 0.2) is 39.3 Å². The molecule has 1 saturated heterocycles. The molecule has 2 aromatic rings. The number of ether oxygens (including phenoxy) is 1. The van der Waals surface area contributed by atoms with Gasteiger partial charge in [0.2, 0.25) is 0 Å². The van der Waals surface area contributed by atoms with E-state index in [9.17, 15) is 0 Å². The van der Waals surface area contributed by atoms with Gasteiger partial charge in [-0.2, -0.15) is 0 Å². The fourth-order valence-electron chi connectivity index (χ4n) is 2.84. The van der Waals surface area contributed by atoms with E-state index in [0.29, 0.717) is 6.04 Å². The van der Waals surface area contributed by atoms with Crippen LogP contribution in [0.1, 0.15) is 25.7 Å². The van der Waals surface area contributed by atoms with Crippen LogP contribution in [0, 0.1) is 0 Å². The van der Waals surface area contributed by atoms with Crippen LogP contribution < -0.4 is 10.1 Å². The van der Waals surface area contributed by atoms with Gasteiger partial charge in [-0.1, -0.05) is 34.5 Å². The molecular weight excluding hydrogens is 394 g/mol. The first-order chi connectivity index (χ1) is 10.2. The standard InChI is InChI=1S/C17H19Br2NO/c18-13-5-6-15-12(11-13)4-7-16(17(15)19)21-10-8-14-3-1-2-9-20-14/h4-7,11,14,20H,1-3,8-10H2/t14-/m0/s1. The summed E-state index contributed by atoms with van der Waals surface area (Å²) in [6.45, 7) is 1.91. The molecule has 0 spiro atoms. The first kappa shape index (κ1) is 15.3. The second-order valence-electron chi connectivity index (χ2n) is 5.53. The molecule has 2 nitrogen and oxygen atoms in total. The molecule has 0 unspecified atom stereocenters. The van der Waals surface area contributed by atoms with Gasteiger partial charge in [-0.15, -0.1) is 0 Å². The predicted octanol–water partition coefficient (Wildman–Crippen LogP) is 5.28. The quantitative estimate of drug-likeness (QED) is 0.737. The van der Waals surface area contributed by atoms with Crippen molar-refractivity contribution in [3.63, 3.8) is 0 Å². The molecule has 2 aromatic carbocycles. The Morgan fingerprint density at radius 2 is 2.05 bits per heavy atom. The zero-order valence-electron chi connectivity index (χ0n) is 11.9. The van der Waals surface area contributed by atoms with Crippen molar-refractivity contribution in [2.45, 2.75) is 31.7 Å². The Morgan fingerprint density at radius 3 is 2.86 bits per heavy atom. The Hall–Kier alpha value is -0.580. The van der Waals surface area contributed by atoms with E-state index in [1.807, 2.05) is 6.07 Å². The Bertz CT molecular complexity index is 623.